The maximum Gasteiger partial charge on any atom is 0.326 e. The molecule has 31 heavy (non-hydrogen) atoms. The third-order valence-corrected chi connectivity index (χ3v) is 5.60. The predicted octanol–water partition coefficient (Wildman–Crippen LogP) is 2.68. The molecule has 0 aromatic heterocycles. The van der Waals surface area contributed by atoms with Crippen LogP contribution in [-0.2, 0) is 19.1 Å². The average molecular weight is 442 g/mol. The second kappa shape index (κ2) is 12.4. The zero-order chi connectivity index (χ0) is 23.8. The van der Waals surface area contributed by atoms with E-state index in [9.17, 15) is 19.5 Å². The number of hydrogen-bond acceptors (Lipinski definition) is 6. The topological polar surface area (TPSA) is 122 Å². The van der Waals surface area contributed by atoms with Crippen LogP contribution in [0.25, 0.3) is 0 Å². The summed E-state index contributed by atoms with van der Waals surface area (Å²) in [6.07, 6.45) is 5.87. The molecule has 1 saturated carbocycles. The van der Waals surface area contributed by atoms with Crippen LogP contribution in [0.4, 0.5) is 0 Å². The number of nitrogens with zero attached hydrogens (tertiary/aromatic N) is 1. The number of carboxylic acid groups (broad SMARTS) is 1. The summed E-state index contributed by atoms with van der Waals surface area (Å²) in [5.74, 6) is -1.24. The number of carbonyl (C=O) groups excluding carboxylic acids is 2. The molecule has 2 aliphatic rings. The molecule has 1 aliphatic carbocycles. The third kappa shape index (κ3) is 8.77. The van der Waals surface area contributed by atoms with E-state index in [0.29, 0.717) is 19.4 Å². The number of ether oxygens (including phenoxy) is 1. The molecule has 0 radical (unpaired) electrons. The fraction of sp³-hybridized carbons (Fsp3) is 0.870. The molecule has 0 bridgehead atoms. The van der Waals surface area contributed by atoms with E-state index in [1.165, 1.54) is 0 Å². The zero-order valence-electron chi connectivity index (χ0n) is 20.1. The van der Waals surface area contributed by atoms with Crippen LogP contribution in [0.15, 0.2) is 0 Å². The highest BCUT2D eigenvalue weighted by Crippen LogP contribution is 2.40. The Hall–Kier alpha value is -1.67. The van der Waals surface area contributed by atoms with Crippen molar-refractivity contribution in [3.63, 3.8) is 0 Å². The van der Waals surface area contributed by atoms with E-state index in [1.807, 2.05) is 27.7 Å². The number of rotatable bonds is 8. The van der Waals surface area contributed by atoms with Crippen molar-refractivity contribution >= 4 is 17.8 Å². The molecular weight excluding hydrogens is 398 g/mol. The minimum atomic E-state index is -0.935. The van der Waals surface area contributed by atoms with Gasteiger partial charge in [-0.3, -0.25) is 14.9 Å². The summed E-state index contributed by atoms with van der Waals surface area (Å²) < 4.78 is 5.09. The summed E-state index contributed by atoms with van der Waals surface area (Å²) in [5, 5.41) is 12.7. The van der Waals surface area contributed by atoms with E-state index in [1.54, 1.807) is 18.7 Å². The van der Waals surface area contributed by atoms with Gasteiger partial charge < -0.3 is 20.5 Å². The Morgan fingerprint density at radius 1 is 1.19 bits per heavy atom. The molecule has 8 heteroatoms. The molecular formula is C23H43N3O5. The third-order valence-electron chi connectivity index (χ3n) is 5.60. The van der Waals surface area contributed by atoms with Crippen LogP contribution in [-0.4, -0.2) is 64.2 Å². The molecule has 0 spiro atoms. The zero-order valence-corrected chi connectivity index (χ0v) is 20.1. The molecule has 2 unspecified atom stereocenters. The molecule has 1 saturated heterocycles. The molecule has 180 valence electrons. The van der Waals surface area contributed by atoms with E-state index >= 15 is 0 Å². The number of nitrogens with one attached hydrogen (secondary N) is 1. The van der Waals surface area contributed by atoms with Crippen molar-refractivity contribution in [2.24, 2.45) is 11.7 Å². The lowest BCUT2D eigenvalue weighted by molar-refractivity contribution is -0.152. The highest BCUT2D eigenvalue weighted by Gasteiger charge is 2.48. The van der Waals surface area contributed by atoms with Gasteiger partial charge in [0.25, 0.3) is 0 Å². The Morgan fingerprint density at radius 2 is 1.77 bits per heavy atom. The molecule has 2 rings (SSSR count). The van der Waals surface area contributed by atoms with E-state index < -0.39 is 24.1 Å². The van der Waals surface area contributed by atoms with Gasteiger partial charge in [-0.25, -0.2) is 4.79 Å². The summed E-state index contributed by atoms with van der Waals surface area (Å²) in [5.41, 5.74) is 5.35. The number of amides is 1. The van der Waals surface area contributed by atoms with Crippen LogP contribution < -0.4 is 11.1 Å². The summed E-state index contributed by atoms with van der Waals surface area (Å²) in [7, 11) is 0. The monoisotopic (exact) mass is 441 g/mol. The number of esters is 1. The van der Waals surface area contributed by atoms with Gasteiger partial charge in [0.2, 0.25) is 5.91 Å². The smallest absolute Gasteiger partial charge is 0.326 e. The van der Waals surface area contributed by atoms with Crippen molar-refractivity contribution in [1.29, 1.82) is 0 Å². The highest BCUT2D eigenvalue weighted by atomic mass is 16.5. The number of fused-ring (bicyclic) bond motifs is 1. The van der Waals surface area contributed by atoms with E-state index in [-0.39, 0.29) is 29.4 Å². The fourth-order valence-electron chi connectivity index (χ4n) is 4.39. The number of aliphatic carboxylic acids is 1. The summed E-state index contributed by atoms with van der Waals surface area (Å²) in [4.78, 5) is 38.5. The summed E-state index contributed by atoms with van der Waals surface area (Å²) >= 11 is 0. The van der Waals surface area contributed by atoms with Gasteiger partial charge in [-0.15, -0.1) is 0 Å². The van der Waals surface area contributed by atoms with Gasteiger partial charge in [-0.2, -0.15) is 0 Å². The molecule has 4 N–H and O–H groups in total. The maximum absolute atomic E-state index is 13.1. The van der Waals surface area contributed by atoms with E-state index in [0.717, 1.165) is 32.1 Å². The Morgan fingerprint density at radius 3 is 2.29 bits per heavy atom. The maximum atomic E-state index is 13.1. The van der Waals surface area contributed by atoms with Gasteiger partial charge in [0.1, 0.15) is 12.1 Å². The SMILES string of the molecule is CC(C)(C)N.CCCC(N[C@@H](C)C(=O)N1C(C(=O)O)C[C@@H]2CCCC[C@@H]21)C(=O)OCC. The number of nitrogens with two attached hydrogens (primary N) is 1. The molecule has 1 amide bonds. The first-order valence-electron chi connectivity index (χ1n) is 11.7. The van der Waals surface area contributed by atoms with Gasteiger partial charge in [0.15, 0.2) is 0 Å². The second-order valence-electron chi connectivity index (χ2n) is 9.79. The largest absolute Gasteiger partial charge is 0.480 e. The number of carboxylic acids is 1. The Balaban J connectivity index is 0.000000861. The van der Waals surface area contributed by atoms with Gasteiger partial charge in [0.05, 0.1) is 12.6 Å². The lowest BCUT2D eigenvalue weighted by atomic mass is 9.84. The summed E-state index contributed by atoms with van der Waals surface area (Å²) in [6, 6.07) is -1.92. The van der Waals surface area contributed by atoms with Crippen LogP contribution in [0.2, 0.25) is 0 Å². The van der Waals surface area contributed by atoms with E-state index in [4.69, 9.17) is 10.5 Å². The molecule has 1 aliphatic heterocycles. The van der Waals surface area contributed by atoms with Crippen molar-refractivity contribution in [1.82, 2.24) is 10.2 Å². The van der Waals surface area contributed by atoms with Crippen molar-refractivity contribution < 1.29 is 24.2 Å². The van der Waals surface area contributed by atoms with Crippen LogP contribution in [0, 0.1) is 5.92 Å². The minimum absolute atomic E-state index is 0. The Kier molecular flexibility index (Phi) is 10.9. The first-order chi connectivity index (χ1) is 14.4. The first kappa shape index (κ1) is 27.4. The lowest BCUT2D eigenvalue weighted by Crippen LogP contribution is -2.55. The van der Waals surface area contributed by atoms with Gasteiger partial charge in [-0.05, 0) is 66.2 Å². The van der Waals surface area contributed by atoms with E-state index in [2.05, 4.69) is 5.32 Å². The highest BCUT2D eigenvalue weighted by molar-refractivity contribution is 5.88. The molecule has 2 fully saturated rings. The van der Waals surface area contributed by atoms with Crippen LogP contribution in [0.1, 0.15) is 86.5 Å². The van der Waals surface area contributed by atoms with Crippen molar-refractivity contribution in [2.45, 2.75) is 116 Å². The Bertz CT molecular complexity index is 599. The number of likely N-dealkylation sites (tertiary alicyclic amines) is 1. The molecule has 5 atom stereocenters. The molecule has 0 aromatic carbocycles. The van der Waals surface area contributed by atoms with Crippen LogP contribution in [0.5, 0.6) is 0 Å². The van der Waals surface area contributed by atoms with Crippen LogP contribution in [0.3, 0.4) is 0 Å². The average Bonchev–Trinajstić information content (AvgIpc) is 3.05. The van der Waals surface area contributed by atoms with Gasteiger partial charge in [-0.1, -0.05) is 26.2 Å². The second-order valence-corrected chi connectivity index (χ2v) is 9.79. The predicted molar refractivity (Wildman–Crippen MR) is 120 cm³/mol. The lowest BCUT2D eigenvalue weighted by Gasteiger charge is -2.35. The molecule has 0 aromatic rings. The number of hydrogen-bond donors (Lipinski definition) is 3. The van der Waals surface area contributed by atoms with Crippen molar-refractivity contribution in [3.8, 4) is 0 Å². The van der Waals surface area contributed by atoms with Gasteiger partial charge in [0, 0.05) is 11.6 Å². The summed E-state index contributed by atoms with van der Waals surface area (Å²) in [6.45, 7) is 11.6. The minimum Gasteiger partial charge on any atom is -0.480 e. The quantitative estimate of drug-likeness (QED) is 0.495. The molecule has 1 heterocycles. The van der Waals surface area contributed by atoms with Crippen molar-refractivity contribution in [2.75, 3.05) is 6.61 Å². The number of carbonyl (C=O) groups is 3. The van der Waals surface area contributed by atoms with Crippen molar-refractivity contribution in [3.05, 3.63) is 0 Å². The molecule has 8 nitrogen and oxygen atoms in total. The normalized spacial score (nSPS) is 25.0. The standard InChI is InChI=1S/C19H32N2O5.C4H11N/c1-4-8-14(19(25)26-5-2)20-12(3)17(22)21-15-10-7-6-9-13(15)11-16(21)18(23)24;1-4(2,3)5/h12-16,20H,4-11H2,1-3H3,(H,23,24);5H2,1-3H3/t12-,13-,14?,15-,16?;/m0./s1. The van der Waals surface area contributed by atoms with Crippen LogP contribution >= 0.6 is 0 Å². The van der Waals surface area contributed by atoms with Gasteiger partial charge >= 0.3 is 11.9 Å². The Labute approximate surface area is 187 Å². The first-order valence-corrected chi connectivity index (χ1v) is 11.7. The fourth-order valence-corrected chi connectivity index (χ4v) is 4.39.